The van der Waals surface area contributed by atoms with E-state index < -0.39 is 29.1 Å². The fraction of sp³-hybridized carbons (Fsp3) is 0.316. The minimum absolute atomic E-state index is 0.0608. The molecule has 136 valence electrons. The van der Waals surface area contributed by atoms with Crippen LogP contribution in [0.5, 0.6) is 0 Å². The van der Waals surface area contributed by atoms with Crippen LogP contribution in [0.3, 0.4) is 0 Å². The first-order chi connectivity index (χ1) is 12.4. The van der Waals surface area contributed by atoms with Crippen molar-refractivity contribution >= 4 is 11.6 Å². The number of benzene rings is 2. The lowest BCUT2D eigenvalue weighted by Crippen LogP contribution is -2.53. The number of likely N-dealkylation sites (N-methyl/N-ethyl adjacent to an activating group) is 1. The molecule has 1 saturated heterocycles. The molecular formula is C19H20N2O5. The molecule has 1 aliphatic heterocycles. The molecule has 2 aromatic rings. The number of ether oxygens (including phenoxy) is 1. The Morgan fingerprint density at radius 3 is 2.42 bits per heavy atom. The highest BCUT2D eigenvalue weighted by molar-refractivity contribution is 5.83. The van der Waals surface area contributed by atoms with Crippen molar-refractivity contribution < 1.29 is 19.6 Å². The van der Waals surface area contributed by atoms with E-state index in [1.165, 1.54) is 23.1 Å². The molecule has 3 rings (SSSR count). The molecule has 0 radical (unpaired) electrons. The Hall–Kier alpha value is -2.77. The largest absolute Gasteiger partial charge is 0.385 e. The zero-order valence-corrected chi connectivity index (χ0v) is 14.5. The minimum atomic E-state index is -1.44. The van der Waals surface area contributed by atoms with Gasteiger partial charge in [0.2, 0.25) is 0 Å². The van der Waals surface area contributed by atoms with Crippen LogP contribution in [0.15, 0.2) is 54.6 Å². The predicted octanol–water partition coefficient (Wildman–Crippen LogP) is 2.62. The fourth-order valence-corrected chi connectivity index (χ4v) is 3.21. The molecule has 0 spiro atoms. The van der Waals surface area contributed by atoms with E-state index in [0.717, 1.165) is 5.56 Å². The lowest BCUT2D eigenvalue weighted by atomic mass is 9.95. The molecular weight excluding hydrogens is 336 g/mol. The number of carbonyl (C=O) groups excluding carboxylic acids is 1. The average Bonchev–Trinajstić information content (AvgIpc) is 2.66. The molecule has 1 aliphatic rings. The second-order valence-corrected chi connectivity index (χ2v) is 6.34. The van der Waals surface area contributed by atoms with Crippen LogP contribution in [-0.2, 0) is 9.53 Å². The molecule has 4 atom stereocenters. The van der Waals surface area contributed by atoms with Crippen LogP contribution in [0.2, 0.25) is 0 Å². The van der Waals surface area contributed by atoms with E-state index in [9.17, 15) is 20.0 Å². The second-order valence-electron chi connectivity index (χ2n) is 6.34. The minimum Gasteiger partial charge on any atom is -0.385 e. The fourth-order valence-electron chi connectivity index (χ4n) is 3.21. The zero-order chi connectivity index (χ0) is 18.8. The van der Waals surface area contributed by atoms with Gasteiger partial charge in [-0.1, -0.05) is 42.5 Å². The third-order valence-electron chi connectivity index (χ3n) is 4.80. The summed E-state index contributed by atoms with van der Waals surface area (Å²) in [4.78, 5) is 24.9. The van der Waals surface area contributed by atoms with Gasteiger partial charge in [-0.3, -0.25) is 14.9 Å². The topological polar surface area (TPSA) is 92.9 Å². The van der Waals surface area contributed by atoms with Crippen molar-refractivity contribution in [2.24, 2.45) is 0 Å². The van der Waals surface area contributed by atoms with Gasteiger partial charge in [0.1, 0.15) is 12.2 Å². The van der Waals surface area contributed by atoms with E-state index in [1.807, 2.05) is 37.3 Å². The van der Waals surface area contributed by atoms with Crippen molar-refractivity contribution in [2.75, 3.05) is 7.05 Å². The molecule has 7 heteroatoms. The van der Waals surface area contributed by atoms with Gasteiger partial charge < -0.3 is 14.7 Å². The van der Waals surface area contributed by atoms with Crippen LogP contribution in [0.25, 0.3) is 0 Å². The number of para-hydroxylation sites is 1. The lowest BCUT2D eigenvalue weighted by Gasteiger charge is -2.42. The van der Waals surface area contributed by atoms with Gasteiger partial charge in [-0.05, 0) is 18.6 Å². The summed E-state index contributed by atoms with van der Waals surface area (Å²) >= 11 is 0. The monoisotopic (exact) mass is 356 g/mol. The number of morpholine rings is 1. The number of nitrogens with zero attached hydrogens (tertiary/aromatic N) is 2. The van der Waals surface area contributed by atoms with Crippen LogP contribution in [0.1, 0.15) is 30.3 Å². The summed E-state index contributed by atoms with van der Waals surface area (Å²) < 4.78 is 5.95. The van der Waals surface area contributed by atoms with Crippen molar-refractivity contribution in [3.8, 4) is 0 Å². The molecule has 0 aromatic heterocycles. The van der Waals surface area contributed by atoms with Gasteiger partial charge in [0.25, 0.3) is 11.6 Å². The van der Waals surface area contributed by atoms with Gasteiger partial charge in [-0.15, -0.1) is 0 Å². The highest BCUT2D eigenvalue weighted by Crippen LogP contribution is 2.37. The third kappa shape index (κ3) is 3.18. The molecule has 1 fully saturated rings. The Morgan fingerprint density at radius 2 is 1.77 bits per heavy atom. The number of aliphatic hydroxyl groups excluding tert-OH is 1. The number of nitro benzene ring substituents is 1. The summed E-state index contributed by atoms with van der Waals surface area (Å²) in [7, 11) is 1.64. The molecule has 26 heavy (non-hydrogen) atoms. The van der Waals surface area contributed by atoms with Crippen molar-refractivity contribution in [1.82, 2.24) is 4.90 Å². The SMILES string of the molecule is C[C@H]1[C@H](c2ccccc2)O[C@H]([C@@H](O)c2ccccc2[N+](=O)[O-])C(=O)N1C. The first-order valence-corrected chi connectivity index (χ1v) is 8.30. The lowest BCUT2D eigenvalue weighted by molar-refractivity contribution is -0.386. The summed E-state index contributed by atoms with van der Waals surface area (Å²) in [5, 5.41) is 22.0. The van der Waals surface area contributed by atoms with E-state index in [2.05, 4.69) is 0 Å². The standard InChI is InChI=1S/C19H20N2O5/c1-12-17(13-8-4-3-5-9-13)26-18(19(23)20(12)2)16(22)14-10-6-7-11-15(14)21(24)25/h3-12,16-18,22H,1-2H3/t12-,16-,17+,18+/m0/s1. The number of nitro groups is 1. The first kappa shape index (κ1) is 18.0. The smallest absolute Gasteiger partial charge is 0.275 e. The van der Waals surface area contributed by atoms with E-state index in [4.69, 9.17) is 4.74 Å². The zero-order valence-electron chi connectivity index (χ0n) is 14.5. The second kappa shape index (κ2) is 7.23. The molecule has 0 bridgehead atoms. The predicted molar refractivity (Wildman–Crippen MR) is 94.3 cm³/mol. The summed E-state index contributed by atoms with van der Waals surface area (Å²) in [5.74, 6) is -0.407. The van der Waals surface area contributed by atoms with Crippen molar-refractivity contribution in [3.05, 3.63) is 75.8 Å². The normalized spacial score (nSPS) is 24.3. The Labute approximate surface area is 151 Å². The number of rotatable bonds is 4. The molecule has 2 aromatic carbocycles. The number of hydrogen-bond donors (Lipinski definition) is 1. The summed E-state index contributed by atoms with van der Waals surface area (Å²) in [6.45, 7) is 1.86. The molecule has 0 saturated carbocycles. The molecule has 1 heterocycles. The van der Waals surface area contributed by atoms with E-state index >= 15 is 0 Å². The number of aliphatic hydroxyl groups is 1. The van der Waals surface area contributed by atoms with Gasteiger partial charge in [-0.2, -0.15) is 0 Å². The quantitative estimate of drug-likeness (QED) is 0.671. The number of carbonyl (C=O) groups is 1. The molecule has 1 N–H and O–H groups in total. The van der Waals surface area contributed by atoms with Crippen molar-refractivity contribution in [3.63, 3.8) is 0 Å². The van der Waals surface area contributed by atoms with E-state index in [1.54, 1.807) is 13.1 Å². The molecule has 0 unspecified atom stereocenters. The Bertz CT molecular complexity index is 811. The number of hydrogen-bond acceptors (Lipinski definition) is 5. The summed E-state index contributed by atoms with van der Waals surface area (Å²) in [5.41, 5.74) is 0.693. The Balaban J connectivity index is 1.96. The van der Waals surface area contributed by atoms with Crippen molar-refractivity contribution in [1.29, 1.82) is 0 Å². The maximum atomic E-state index is 12.7. The molecule has 0 aliphatic carbocycles. The van der Waals surface area contributed by atoms with Crippen LogP contribution >= 0.6 is 0 Å². The highest BCUT2D eigenvalue weighted by atomic mass is 16.6. The summed E-state index contributed by atoms with van der Waals surface area (Å²) in [6, 6.07) is 15.0. The van der Waals surface area contributed by atoms with Crippen LogP contribution in [-0.4, -0.2) is 40.0 Å². The maximum absolute atomic E-state index is 12.7. The molecule has 7 nitrogen and oxygen atoms in total. The van der Waals surface area contributed by atoms with Gasteiger partial charge in [0.15, 0.2) is 6.10 Å². The van der Waals surface area contributed by atoms with Gasteiger partial charge in [0.05, 0.1) is 16.5 Å². The van der Waals surface area contributed by atoms with Gasteiger partial charge in [-0.25, -0.2) is 0 Å². The summed E-state index contributed by atoms with van der Waals surface area (Å²) in [6.07, 6.45) is -3.10. The average molecular weight is 356 g/mol. The van der Waals surface area contributed by atoms with Gasteiger partial charge >= 0.3 is 0 Å². The Morgan fingerprint density at radius 1 is 1.15 bits per heavy atom. The Kier molecular flexibility index (Phi) is 5.01. The van der Waals surface area contributed by atoms with E-state index in [-0.39, 0.29) is 17.3 Å². The van der Waals surface area contributed by atoms with Crippen LogP contribution < -0.4 is 0 Å². The van der Waals surface area contributed by atoms with Crippen LogP contribution in [0, 0.1) is 10.1 Å². The van der Waals surface area contributed by atoms with E-state index in [0.29, 0.717) is 0 Å². The van der Waals surface area contributed by atoms with Crippen molar-refractivity contribution in [2.45, 2.75) is 31.3 Å². The van der Waals surface area contributed by atoms with Gasteiger partial charge in [0, 0.05) is 13.1 Å². The first-order valence-electron chi connectivity index (χ1n) is 8.30. The molecule has 1 amide bonds. The third-order valence-corrected chi connectivity index (χ3v) is 4.80. The van der Waals surface area contributed by atoms with Crippen LogP contribution in [0.4, 0.5) is 5.69 Å². The maximum Gasteiger partial charge on any atom is 0.275 e. The highest BCUT2D eigenvalue weighted by Gasteiger charge is 2.44. The number of amides is 1.